The molecule has 0 unspecified atom stereocenters. The average Bonchev–Trinajstić information content (AvgIpc) is 2.26. The molecule has 0 amide bonds. The number of nitrogens with zero attached hydrogens (tertiary/aromatic N) is 1. The van der Waals surface area contributed by atoms with Crippen LogP contribution in [0.15, 0.2) is 48.6 Å². The summed E-state index contributed by atoms with van der Waals surface area (Å²) < 4.78 is 0. The van der Waals surface area contributed by atoms with Crippen molar-refractivity contribution in [2.45, 2.75) is 12.5 Å². The van der Waals surface area contributed by atoms with Crippen LogP contribution < -0.4 is 0 Å². The van der Waals surface area contributed by atoms with E-state index in [1.54, 1.807) is 12.2 Å². The minimum Gasteiger partial charge on any atom is -0.388 e. The summed E-state index contributed by atoms with van der Waals surface area (Å²) in [6.45, 7) is 0. The van der Waals surface area contributed by atoms with E-state index in [0.29, 0.717) is 0 Å². The number of aliphatic hydroxyl groups is 1. The fourth-order valence-electron chi connectivity index (χ4n) is 1.08. The molecular weight excluding hydrogens is 186 g/mol. The van der Waals surface area contributed by atoms with Crippen LogP contribution in [0, 0.1) is 11.3 Å². The van der Waals surface area contributed by atoms with Gasteiger partial charge in [0.15, 0.2) is 0 Å². The molecule has 15 heavy (non-hydrogen) atoms. The fourth-order valence-corrected chi connectivity index (χ4v) is 1.08. The summed E-state index contributed by atoms with van der Waals surface area (Å²) in [6.07, 6.45) is 6.59. The summed E-state index contributed by atoms with van der Waals surface area (Å²) in [4.78, 5) is 0. The highest BCUT2D eigenvalue weighted by molar-refractivity contribution is 5.50. The maximum atomic E-state index is 9.20. The number of allylic oxidation sites excluding steroid dienone is 2. The van der Waals surface area contributed by atoms with Gasteiger partial charge in [-0.1, -0.05) is 54.6 Å². The third-order valence-electron chi connectivity index (χ3n) is 1.83. The Balaban J connectivity index is 2.44. The zero-order valence-corrected chi connectivity index (χ0v) is 8.38. The van der Waals surface area contributed by atoms with Gasteiger partial charge in [-0.3, -0.25) is 0 Å². The topological polar surface area (TPSA) is 44.0 Å². The van der Waals surface area contributed by atoms with Crippen LogP contribution in [0.2, 0.25) is 0 Å². The summed E-state index contributed by atoms with van der Waals surface area (Å²) >= 11 is 0. The Kier molecular flexibility index (Phi) is 4.93. The third-order valence-corrected chi connectivity index (χ3v) is 1.83. The SMILES string of the molecule is N#CC[C@@H](O)/C=C/C=C/c1ccccc1. The van der Waals surface area contributed by atoms with Gasteiger partial charge in [-0.15, -0.1) is 0 Å². The molecule has 2 nitrogen and oxygen atoms in total. The van der Waals surface area contributed by atoms with Gasteiger partial charge in [0.05, 0.1) is 18.6 Å². The lowest BCUT2D eigenvalue weighted by atomic mass is 10.2. The van der Waals surface area contributed by atoms with Crippen molar-refractivity contribution in [3.05, 3.63) is 54.1 Å². The molecule has 1 N–H and O–H groups in total. The van der Waals surface area contributed by atoms with Crippen LogP contribution in [-0.2, 0) is 0 Å². The second kappa shape index (κ2) is 6.58. The molecule has 1 atom stereocenters. The zero-order valence-electron chi connectivity index (χ0n) is 8.38. The zero-order chi connectivity index (χ0) is 10.9. The molecule has 0 spiro atoms. The van der Waals surface area contributed by atoms with Crippen LogP contribution in [0.25, 0.3) is 6.08 Å². The maximum Gasteiger partial charge on any atom is 0.0853 e. The second-order valence-electron chi connectivity index (χ2n) is 3.08. The maximum absolute atomic E-state index is 9.20. The molecule has 0 heterocycles. The molecule has 0 aromatic heterocycles. The minimum atomic E-state index is -0.671. The van der Waals surface area contributed by atoms with Crippen molar-refractivity contribution in [1.29, 1.82) is 5.26 Å². The van der Waals surface area contributed by atoms with E-state index in [1.807, 2.05) is 48.6 Å². The van der Waals surface area contributed by atoms with Crippen LogP contribution in [0.5, 0.6) is 0 Å². The Morgan fingerprint density at radius 1 is 1.27 bits per heavy atom. The molecule has 0 aliphatic carbocycles. The normalized spacial score (nSPS) is 13.1. The number of nitriles is 1. The van der Waals surface area contributed by atoms with Crippen molar-refractivity contribution in [3.63, 3.8) is 0 Å². The van der Waals surface area contributed by atoms with Gasteiger partial charge in [0.25, 0.3) is 0 Å². The predicted molar refractivity (Wildman–Crippen MR) is 60.9 cm³/mol. The van der Waals surface area contributed by atoms with E-state index in [2.05, 4.69) is 0 Å². The Bertz CT molecular complexity index is 373. The van der Waals surface area contributed by atoms with Crippen LogP contribution >= 0.6 is 0 Å². The lowest BCUT2D eigenvalue weighted by molar-refractivity contribution is 0.229. The monoisotopic (exact) mass is 199 g/mol. The van der Waals surface area contributed by atoms with E-state index in [1.165, 1.54) is 0 Å². The van der Waals surface area contributed by atoms with Gasteiger partial charge in [-0.05, 0) is 5.56 Å². The molecule has 1 rings (SSSR count). The van der Waals surface area contributed by atoms with Crippen molar-refractivity contribution < 1.29 is 5.11 Å². The molecule has 0 aliphatic rings. The lowest BCUT2D eigenvalue weighted by Crippen LogP contribution is -1.98. The Morgan fingerprint density at radius 2 is 2.00 bits per heavy atom. The van der Waals surface area contributed by atoms with E-state index in [0.717, 1.165) is 5.56 Å². The highest BCUT2D eigenvalue weighted by Gasteiger charge is 1.93. The van der Waals surface area contributed by atoms with Gasteiger partial charge in [0.1, 0.15) is 0 Å². The second-order valence-corrected chi connectivity index (χ2v) is 3.08. The summed E-state index contributed by atoms with van der Waals surface area (Å²) in [5.41, 5.74) is 1.11. The number of aliphatic hydroxyl groups excluding tert-OH is 1. The van der Waals surface area contributed by atoms with Crippen LogP contribution in [0.4, 0.5) is 0 Å². The van der Waals surface area contributed by atoms with Crippen LogP contribution in [-0.4, -0.2) is 11.2 Å². The summed E-state index contributed by atoms with van der Waals surface area (Å²) in [5.74, 6) is 0. The van der Waals surface area contributed by atoms with Gasteiger partial charge >= 0.3 is 0 Å². The first-order chi connectivity index (χ1) is 7.33. The summed E-state index contributed by atoms with van der Waals surface area (Å²) in [5, 5.41) is 17.5. The molecule has 0 saturated heterocycles. The molecule has 0 aliphatic heterocycles. The first-order valence-electron chi connectivity index (χ1n) is 4.78. The molecule has 0 saturated carbocycles. The van der Waals surface area contributed by atoms with E-state index >= 15 is 0 Å². The van der Waals surface area contributed by atoms with Gasteiger partial charge in [-0.2, -0.15) is 5.26 Å². The fraction of sp³-hybridized carbons (Fsp3) is 0.154. The molecule has 0 fully saturated rings. The van der Waals surface area contributed by atoms with E-state index in [4.69, 9.17) is 5.26 Å². The summed E-state index contributed by atoms with van der Waals surface area (Å²) in [7, 11) is 0. The van der Waals surface area contributed by atoms with Crippen LogP contribution in [0.1, 0.15) is 12.0 Å². The number of hydrogen-bond acceptors (Lipinski definition) is 2. The van der Waals surface area contributed by atoms with E-state index < -0.39 is 6.10 Å². The van der Waals surface area contributed by atoms with Crippen LogP contribution in [0.3, 0.4) is 0 Å². The van der Waals surface area contributed by atoms with Gasteiger partial charge in [0, 0.05) is 0 Å². The predicted octanol–water partition coefficient (Wildman–Crippen LogP) is 2.53. The van der Waals surface area contributed by atoms with E-state index in [9.17, 15) is 5.11 Å². The molecule has 0 bridgehead atoms. The Labute approximate surface area is 89.8 Å². The quantitative estimate of drug-likeness (QED) is 0.757. The lowest BCUT2D eigenvalue weighted by Gasteiger charge is -1.94. The molecule has 2 heteroatoms. The molecule has 1 aromatic rings. The first kappa shape index (κ1) is 11.2. The van der Waals surface area contributed by atoms with Crippen molar-refractivity contribution >= 4 is 6.08 Å². The smallest absolute Gasteiger partial charge is 0.0853 e. The standard InChI is InChI=1S/C13H13NO/c14-11-10-13(15)9-5-4-8-12-6-2-1-3-7-12/h1-9,13,15H,10H2/b8-4+,9-5+/t13-/m0/s1. The first-order valence-corrected chi connectivity index (χ1v) is 4.78. The van der Waals surface area contributed by atoms with Crippen molar-refractivity contribution in [2.24, 2.45) is 0 Å². The summed E-state index contributed by atoms with van der Waals surface area (Å²) in [6, 6.07) is 11.8. The van der Waals surface area contributed by atoms with Gasteiger partial charge in [0.2, 0.25) is 0 Å². The molecule has 0 radical (unpaired) electrons. The molecular formula is C13H13NO. The highest BCUT2D eigenvalue weighted by atomic mass is 16.3. The molecule has 76 valence electrons. The number of rotatable bonds is 4. The van der Waals surface area contributed by atoms with Crippen molar-refractivity contribution in [3.8, 4) is 6.07 Å². The third kappa shape index (κ3) is 4.80. The Morgan fingerprint density at radius 3 is 2.67 bits per heavy atom. The highest BCUT2D eigenvalue weighted by Crippen LogP contribution is 2.01. The number of hydrogen-bond donors (Lipinski definition) is 1. The average molecular weight is 199 g/mol. The number of benzene rings is 1. The van der Waals surface area contributed by atoms with Crippen molar-refractivity contribution in [2.75, 3.05) is 0 Å². The molecule has 1 aromatic carbocycles. The minimum absolute atomic E-state index is 0.135. The van der Waals surface area contributed by atoms with Crippen molar-refractivity contribution in [1.82, 2.24) is 0 Å². The largest absolute Gasteiger partial charge is 0.388 e. The van der Waals surface area contributed by atoms with E-state index in [-0.39, 0.29) is 6.42 Å². The Hall–Kier alpha value is -1.85. The van der Waals surface area contributed by atoms with Gasteiger partial charge in [-0.25, -0.2) is 0 Å². The van der Waals surface area contributed by atoms with Gasteiger partial charge < -0.3 is 5.11 Å².